The largest absolute Gasteiger partial charge is 0.328 e. The molecule has 1 aliphatic heterocycles. The average Bonchev–Trinajstić information content (AvgIpc) is 2.78. The van der Waals surface area contributed by atoms with Gasteiger partial charge in [-0.1, -0.05) is 12.8 Å². The van der Waals surface area contributed by atoms with E-state index in [-0.39, 0.29) is 17.9 Å². The number of amides is 2. The highest BCUT2D eigenvalue weighted by molar-refractivity contribution is 5.96. The van der Waals surface area contributed by atoms with Gasteiger partial charge in [-0.05, 0) is 31.6 Å². The zero-order valence-electron chi connectivity index (χ0n) is 10.4. The summed E-state index contributed by atoms with van der Waals surface area (Å²) in [6.07, 6.45) is 7.32. The van der Waals surface area contributed by atoms with Gasteiger partial charge in [-0.2, -0.15) is 0 Å². The molecule has 0 bridgehead atoms. The molecule has 0 radical (unpaired) electrons. The number of likely N-dealkylation sites (tertiary alicyclic amines) is 1. The Labute approximate surface area is 103 Å². The average molecular weight is 238 g/mol. The van der Waals surface area contributed by atoms with Crippen molar-refractivity contribution in [1.82, 2.24) is 4.90 Å². The van der Waals surface area contributed by atoms with E-state index < -0.39 is 0 Å². The quantitative estimate of drug-likeness (QED) is 0.757. The van der Waals surface area contributed by atoms with Gasteiger partial charge < -0.3 is 5.73 Å². The van der Waals surface area contributed by atoms with Gasteiger partial charge >= 0.3 is 0 Å². The van der Waals surface area contributed by atoms with E-state index in [0.29, 0.717) is 25.3 Å². The smallest absolute Gasteiger partial charge is 0.229 e. The van der Waals surface area contributed by atoms with Crippen LogP contribution in [0.4, 0.5) is 0 Å². The van der Waals surface area contributed by atoms with Crippen LogP contribution < -0.4 is 5.73 Å². The summed E-state index contributed by atoms with van der Waals surface area (Å²) in [4.78, 5) is 25.6. The van der Waals surface area contributed by atoms with Gasteiger partial charge in [0.2, 0.25) is 11.8 Å². The Balaban J connectivity index is 2.14. The molecular weight excluding hydrogens is 216 g/mol. The van der Waals surface area contributed by atoms with E-state index in [4.69, 9.17) is 5.73 Å². The Hall–Kier alpha value is -0.900. The Morgan fingerprint density at radius 3 is 2.06 bits per heavy atom. The van der Waals surface area contributed by atoms with Crippen molar-refractivity contribution in [2.24, 2.45) is 11.7 Å². The van der Waals surface area contributed by atoms with Gasteiger partial charge in [0, 0.05) is 19.4 Å². The van der Waals surface area contributed by atoms with E-state index in [1.807, 2.05) is 0 Å². The second-order valence-corrected chi connectivity index (χ2v) is 5.21. The van der Waals surface area contributed by atoms with Gasteiger partial charge in [0.1, 0.15) is 0 Å². The van der Waals surface area contributed by atoms with Gasteiger partial charge in [0.15, 0.2) is 0 Å². The van der Waals surface area contributed by atoms with Crippen LogP contribution in [-0.2, 0) is 9.59 Å². The number of carbonyl (C=O) groups excluding carboxylic acids is 2. The molecule has 2 amide bonds. The molecule has 4 nitrogen and oxygen atoms in total. The zero-order valence-corrected chi connectivity index (χ0v) is 10.4. The molecular formula is C13H22N2O2. The van der Waals surface area contributed by atoms with E-state index in [0.717, 1.165) is 25.7 Å². The number of hydrogen-bond acceptors (Lipinski definition) is 3. The number of nitrogens with zero attached hydrogens (tertiary/aromatic N) is 1. The lowest BCUT2D eigenvalue weighted by atomic mass is 9.96. The van der Waals surface area contributed by atoms with Crippen LogP contribution >= 0.6 is 0 Å². The number of rotatable bonds is 3. The van der Waals surface area contributed by atoms with Crippen molar-refractivity contribution in [2.75, 3.05) is 6.54 Å². The highest BCUT2D eigenvalue weighted by atomic mass is 16.2. The van der Waals surface area contributed by atoms with Crippen LogP contribution in [0.1, 0.15) is 51.4 Å². The van der Waals surface area contributed by atoms with Crippen molar-refractivity contribution in [1.29, 1.82) is 0 Å². The third kappa shape index (κ3) is 2.68. The molecule has 4 heteroatoms. The minimum Gasteiger partial charge on any atom is -0.328 e. The van der Waals surface area contributed by atoms with Gasteiger partial charge in [-0.15, -0.1) is 0 Å². The van der Waals surface area contributed by atoms with E-state index in [1.165, 1.54) is 17.7 Å². The number of nitrogens with two attached hydrogens (primary N) is 1. The van der Waals surface area contributed by atoms with Gasteiger partial charge in [-0.25, -0.2) is 0 Å². The van der Waals surface area contributed by atoms with Crippen LogP contribution in [0.15, 0.2) is 0 Å². The molecule has 0 aromatic heterocycles. The maximum absolute atomic E-state index is 12.0. The fourth-order valence-electron chi connectivity index (χ4n) is 3.15. The molecule has 1 saturated carbocycles. The molecule has 0 spiro atoms. The van der Waals surface area contributed by atoms with E-state index in [1.54, 1.807) is 0 Å². The van der Waals surface area contributed by atoms with Gasteiger partial charge in [0.25, 0.3) is 0 Å². The molecule has 2 rings (SSSR count). The molecule has 0 aromatic rings. The molecule has 96 valence electrons. The summed E-state index contributed by atoms with van der Waals surface area (Å²) in [5.41, 5.74) is 5.81. The zero-order chi connectivity index (χ0) is 12.3. The van der Waals surface area contributed by atoms with Crippen LogP contribution in [0.2, 0.25) is 0 Å². The summed E-state index contributed by atoms with van der Waals surface area (Å²) in [5.74, 6) is 0.427. The first kappa shape index (κ1) is 12.6. The minimum atomic E-state index is -0.0457. The molecule has 1 aliphatic carbocycles. The van der Waals surface area contributed by atoms with E-state index in [2.05, 4.69) is 0 Å². The lowest BCUT2D eigenvalue weighted by molar-refractivity contribution is -0.147. The summed E-state index contributed by atoms with van der Waals surface area (Å²) < 4.78 is 0. The third-order valence-corrected chi connectivity index (χ3v) is 4.09. The second-order valence-electron chi connectivity index (χ2n) is 5.21. The molecule has 1 unspecified atom stereocenters. The lowest BCUT2D eigenvalue weighted by Crippen LogP contribution is -2.50. The molecule has 1 saturated heterocycles. The predicted molar refractivity (Wildman–Crippen MR) is 65.1 cm³/mol. The molecule has 1 atom stereocenters. The first-order valence-corrected chi connectivity index (χ1v) is 6.79. The van der Waals surface area contributed by atoms with Crippen molar-refractivity contribution in [3.8, 4) is 0 Å². The Bertz CT molecular complexity index is 280. The predicted octanol–water partition coefficient (Wildman–Crippen LogP) is 1.43. The van der Waals surface area contributed by atoms with Crippen molar-refractivity contribution >= 4 is 11.8 Å². The number of carbonyl (C=O) groups is 2. The summed E-state index contributed by atoms with van der Waals surface area (Å²) in [5, 5.41) is 0. The van der Waals surface area contributed by atoms with Gasteiger partial charge in [0.05, 0.1) is 6.04 Å². The van der Waals surface area contributed by atoms with Crippen molar-refractivity contribution in [2.45, 2.75) is 57.4 Å². The summed E-state index contributed by atoms with van der Waals surface area (Å²) in [6, 6.07) is -0.0457. The van der Waals surface area contributed by atoms with Crippen molar-refractivity contribution < 1.29 is 9.59 Å². The molecule has 17 heavy (non-hydrogen) atoms. The summed E-state index contributed by atoms with van der Waals surface area (Å²) >= 11 is 0. The highest BCUT2D eigenvalue weighted by Gasteiger charge is 2.35. The molecule has 2 fully saturated rings. The lowest BCUT2D eigenvalue weighted by Gasteiger charge is -2.32. The SMILES string of the molecule is NCC(C1CCCC1)N1C(=O)CCCCC1=O. The monoisotopic (exact) mass is 238 g/mol. The summed E-state index contributed by atoms with van der Waals surface area (Å²) in [6.45, 7) is 0.419. The normalized spacial score (nSPS) is 25.1. The Morgan fingerprint density at radius 2 is 1.59 bits per heavy atom. The van der Waals surface area contributed by atoms with E-state index >= 15 is 0 Å². The minimum absolute atomic E-state index is 0.00477. The Morgan fingerprint density at radius 1 is 1.06 bits per heavy atom. The molecule has 0 aromatic carbocycles. The highest BCUT2D eigenvalue weighted by Crippen LogP contribution is 2.31. The first-order chi connectivity index (χ1) is 8.24. The molecule has 1 heterocycles. The van der Waals surface area contributed by atoms with Crippen LogP contribution in [-0.4, -0.2) is 29.3 Å². The first-order valence-electron chi connectivity index (χ1n) is 6.79. The van der Waals surface area contributed by atoms with E-state index in [9.17, 15) is 9.59 Å². The maximum atomic E-state index is 12.0. The van der Waals surface area contributed by atoms with Crippen molar-refractivity contribution in [3.05, 3.63) is 0 Å². The van der Waals surface area contributed by atoms with Crippen LogP contribution in [0.3, 0.4) is 0 Å². The maximum Gasteiger partial charge on any atom is 0.229 e. The second kappa shape index (κ2) is 5.63. The number of imide groups is 1. The van der Waals surface area contributed by atoms with Crippen molar-refractivity contribution in [3.63, 3.8) is 0 Å². The fourth-order valence-corrected chi connectivity index (χ4v) is 3.15. The van der Waals surface area contributed by atoms with Gasteiger partial charge in [-0.3, -0.25) is 14.5 Å². The molecule has 2 N–H and O–H groups in total. The standard InChI is InChI=1S/C13H22N2O2/c14-9-11(10-5-1-2-6-10)15-12(16)7-3-4-8-13(15)17/h10-11H,1-9,14H2. The topological polar surface area (TPSA) is 63.4 Å². The third-order valence-electron chi connectivity index (χ3n) is 4.09. The van der Waals surface area contributed by atoms with Crippen LogP contribution in [0.25, 0.3) is 0 Å². The Kier molecular flexibility index (Phi) is 4.15. The van der Waals surface area contributed by atoms with Crippen LogP contribution in [0.5, 0.6) is 0 Å². The number of hydrogen-bond donors (Lipinski definition) is 1. The van der Waals surface area contributed by atoms with Crippen LogP contribution in [0, 0.1) is 5.92 Å². The fraction of sp³-hybridized carbons (Fsp3) is 0.846. The molecule has 2 aliphatic rings. The summed E-state index contributed by atoms with van der Waals surface area (Å²) in [7, 11) is 0.